The molecule has 1 aromatic heterocycles. The molecule has 0 saturated carbocycles. The van der Waals surface area contributed by atoms with Gasteiger partial charge in [-0.05, 0) is 48.9 Å². The molecule has 5 nitrogen and oxygen atoms in total. The number of amides is 1. The van der Waals surface area contributed by atoms with Gasteiger partial charge in [0.05, 0.1) is 7.11 Å². The van der Waals surface area contributed by atoms with Crippen LogP contribution in [0.1, 0.15) is 21.9 Å². The molecule has 134 valence electrons. The van der Waals surface area contributed by atoms with Gasteiger partial charge in [0.2, 0.25) is 0 Å². The quantitative estimate of drug-likeness (QED) is 0.656. The summed E-state index contributed by atoms with van der Waals surface area (Å²) >= 11 is 6.07. The Balaban J connectivity index is 1.63. The number of methoxy groups -OCH3 is 1. The van der Waals surface area contributed by atoms with Crippen LogP contribution in [0.5, 0.6) is 11.5 Å². The molecule has 0 aliphatic carbocycles. The Labute approximate surface area is 156 Å². The molecule has 0 aliphatic rings. The Morgan fingerprint density at radius 2 is 1.88 bits per heavy atom. The third kappa shape index (κ3) is 4.18. The van der Waals surface area contributed by atoms with Crippen molar-refractivity contribution < 1.29 is 18.7 Å². The molecule has 0 spiro atoms. The Morgan fingerprint density at radius 3 is 2.69 bits per heavy atom. The number of furan rings is 1. The lowest BCUT2D eigenvalue weighted by Crippen LogP contribution is -2.12. The van der Waals surface area contributed by atoms with Crippen molar-refractivity contribution in [1.82, 2.24) is 0 Å². The van der Waals surface area contributed by atoms with Crippen LogP contribution in [0.25, 0.3) is 0 Å². The Bertz CT molecular complexity index is 920. The zero-order valence-corrected chi connectivity index (χ0v) is 15.2. The number of hydrogen-bond acceptors (Lipinski definition) is 4. The number of benzene rings is 2. The van der Waals surface area contributed by atoms with Crippen LogP contribution in [0.4, 0.5) is 5.69 Å². The minimum atomic E-state index is -0.344. The molecule has 1 amide bonds. The first kappa shape index (κ1) is 17.9. The third-order valence-electron chi connectivity index (χ3n) is 3.82. The van der Waals surface area contributed by atoms with Crippen LogP contribution in [0.15, 0.2) is 59.0 Å². The predicted molar refractivity (Wildman–Crippen MR) is 100 cm³/mol. The lowest BCUT2D eigenvalue weighted by molar-refractivity contribution is 0.0992. The Morgan fingerprint density at radius 1 is 1.12 bits per heavy atom. The molecular weight excluding hydrogens is 354 g/mol. The second-order valence-corrected chi connectivity index (χ2v) is 6.01. The van der Waals surface area contributed by atoms with Gasteiger partial charge in [0.15, 0.2) is 5.76 Å². The minimum Gasteiger partial charge on any atom is -0.497 e. The van der Waals surface area contributed by atoms with Gasteiger partial charge in [-0.25, -0.2) is 0 Å². The van der Waals surface area contributed by atoms with Crippen molar-refractivity contribution in [1.29, 1.82) is 0 Å². The van der Waals surface area contributed by atoms with Crippen molar-refractivity contribution in [2.45, 2.75) is 13.5 Å². The van der Waals surface area contributed by atoms with Gasteiger partial charge in [-0.3, -0.25) is 4.79 Å². The van der Waals surface area contributed by atoms with E-state index in [2.05, 4.69) is 5.32 Å². The van der Waals surface area contributed by atoms with Gasteiger partial charge >= 0.3 is 0 Å². The second kappa shape index (κ2) is 7.97. The molecule has 0 radical (unpaired) electrons. The summed E-state index contributed by atoms with van der Waals surface area (Å²) in [5.41, 5.74) is 1.45. The number of ether oxygens (including phenoxy) is 2. The lowest BCUT2D eigenvalue weighted by atomic mass is 10.2. The number of hydrogen-bond donors (Lipinski definition) is 1. The molecule has 0 aliphatic heterocycles. The van der Waals surface area contributed by atoms with E-state index in [0.29, 0.717) is 28.0 Å². The molecule has 6 heteroatoms. The summed E-state index contributed by atoms with van der Waals surface area (Å²) < 4.78 is 16.4. The molecule has 3 rings (SSSR count). The van der Waals surface area contributed by atoms with E-state index < -0.39 is 0 Å². The van der Waals surface area contributed by atoms with Crippen LogP contribution in [0.3, 0.4) is 0 Å². The van der Waals surface area contributed by atoms with E-state index in [1.54, 1.807) is 43.5 Å². The maximum atomic E-state index is 12.3. The minimum absolute atomic E-state index is 0.202. The molecule has 0 unspecified atom stereocenters. The van der Waals surface area contributed by atoms with Crippen molar-refractivity contribution in [3.8, 4) is 11.5 Å². The van der Waals surface area contributed by atoms with Crippen molar-refractivity contribution in [3.05, 3.63) is 76.7 Å². The molecule has 0 saturated heterocycles. The van der Waals surface area contributed by atoms with E-state index in [4.69, 9.17) is 25.5 Å². The summed E-state index contributed by atoms with van der Waals surface area (Å²) in [4.78, 5) is 12.3. The fourth-order valence-corrected chi connectivity index (χ4v) is 2.52. The first-order valence-corrected chi connectivity index (χ1v) is 8.36. The maximum absolute atomic E-state index is 12.3. The van der Waals surface area contributed by atoms with Gasteiger partial charge in [0.1, 0.15) is 23.9 Å². The van der Waals surface area contributed by atoms with E-state index >= 15 is 0 Å². The highest BCUT2D eigenvalue weighted by atomic mass is 35.5. The smallest absolute Gasteiger partial charge is 0.291 e. The predicted octanol–water partition coefficient (Wildman–Crippen LogP) is 5.08. The average Bonchev–Trinajstić information content (AvgIpc) is 3.13. The van der Waals surface area contributed by atoms with Crippen molar-refractivity contribution in [2.24, 2.45) is 0 Å². The highest BCUT2D eigenvalue weighted by Gasteiger charge is 2.13. The fourth-order valence-electron chi connectivity index (χ4n) is 2.35. The number of nitrogens with one attached hydrogen (secondary N) is 1. The normalized spacial score (nSPS) is 10.4. The number of carbonyl (C=O) groups excluding carboxylic acids is 1. The molecule has 1 heterocycles. The second-order valence-electron chi connectivity index (χ2n) is 5.60. The van der Waals surface area contributed by atoms with Gasteiger partial charge in [-0.1, -0.05) is 23.7 Å². The topological polar surface area (TPSA) is 60.7 Å². The molecule has 3 aromatic rings. The monoisotopic (exact) mass is 371 g/mol. The average molecular weight is 372 g/mol. The lowest BCUT2D eigenvalue weighted by Gasteiger charge is -2.08. The molecule has 1 N–H and O–H groups in total. The molecule has 0 fully saturated rings. The van der Waals surface area contributed by atoms with Crippen LogP contribution >= 0.6 is 11.6 Å². The fraction of sp³-hybridized carbons (Fsp3) is 0.150. The maximum Gasteiger partial charge on any atom is 0.291 e. The van der Waals surface area contributed by atoms with Gasteiger partial charge in [0, 0.05) is 16.8 Å². The van der Waals surface area contributed by atoms with E-state index in [0.717, 1.165) is 5.56 Å². The van der Waals surface area contributed by atoms with Crippen molar-refractivity contribution in [3.63, 3.8) is 0 Å². The molecule has 0 atom stereocenters. The van der Waals surface area contributed by atoms with Gasteiger partial charge in [0.25, 0.3) is 5.91 Å². The summed E-state index contributed by atoms with van der Waals surface area (Å²) in [7, 11) is 1.60. The van der Waals surface area contributed by atoms with Crippen LogP contribution in [0, 0.1) is 6.92 Å². The summed E-state index contributed by atoms with van der Waals surface area (Å²) in [6.45, 7) is 2.05. The highest BCUT2D eigenvalue weighted by molar-refractivity contribution is 6.31. The molecular formula is C20H18ClNO4. The van der Waals surface area contributed by atoms with Gasteiger partial charge in [-0.15, -0.1) is 0 Å². The number of carbonyl (C=O) groups is 1. The highest BCUT2D eigenvalue weighted by Crippen LogP contribution is 2.24. The number of halogens is 1. The van der Waals surface area contributed by atoms with Crippen LogP contribution < -0.4 is 14.8 Å². The van der Waals surface area contributed by atoms with Crippen LogP contribution in [-0.4, -0.2) is 13.0 Å². The van der Waals surface area contributed by atoms with E-state index in [-0.39, 0.29) is 18.3 Å². The zero-order chi connectivity index (χ0) is 18.5. The Kier molecular flexibility index (Phi) is 5.49. The standard InChI is InChI=1S/C20H18ClNO4/c1-13-17(21)7-4-8-18(13)22-20(23)19-10-9-16(26-19)12-25-15-6-3-5-14(11-15)24-2/h3-11H,12H2,1-2H3,(H,22,23). The van der Waals surface area contributed by atoms with Crippen molar-refractivity contribution >= 4 is 23.2 Å². The third-order valence-corrected chi connectivity index (χ3v) is 4.23. The first-order chi connectivity index (χ1) is 12.6. The molecule has 0 bridgehead atoms. The first-order valence-electron chi connectivity index (χ1n) is 7.99. The summed E-state index contributed by atoms with van der Waals surface area (Å²) in [6, 6.07) is 15.9. The number of anilines is 1. The SMILES string of the molecule is COc1cccc(OCc2ccc(C(=O)Nc3cccc(Cl)c3C)o2)c1. The van der Waals surface area contributed by atoms with Crippen LogP contribution in [-0.2, 0) is 6.61 Å². The van der Waals surface area contributed by atoms with E-state index in [1.165, 1.54) is 0 Å². The van der Waals surface area contributed by atoms with E-state index in [1.807, 2.05) is 25.1 Å². The summed E-state index contributed by atoms with van der Waals surface area (Å²) in [6.07, 6.45) is 0. The van der Waals surface area contributed by atoms with E-state index in [9.17, 15) is 4.79 Å². The van der Waals surface area contributed by atoms with Gasteiger partial charge in [-0.2, -0.15) is 0 Å². The summed E-state index contributed by atoms with van der Waals surface area (Å²) in [5.74, 6) is 1.76. The largest absolute Gasteiger partial charge is 0.497 e. The molecule has 2 aromatic carbocycles. The van der Waals surface area contributed by atoms with Crippen LogP contribution in [0.2, 0.25) is 5.02 Å². The zero-order valence-electron chi connectivity index (χ0n) is 14.4. The summed E-state index contributed by atoms with van der Waals surface area (Å²) in [5, 5.41) is 3.39. The number of rotatable bonds is 6. The van der Waals surface area contributed by atoms with Gasteiger partial charge < -0.3 is 19.2 Å². The van der Waals surface area contributed by atoms with Crippen molar-refractivity contribution in [2.75, 3.05) is 12.4 Å². The molecule has 26 heavy (non-hydrogen) atoms. The Hall–Kier alpha value is -2.92.